The molecule has 2 nitrogen and oxygen atoms in total. The summed E-state index contributed by atoms with van der Waals surface area (Å²) >= 11 is 0. The van der Waals surface area contributed by atoms with E-state index in [4.69, 9.17) is 0 Å². The van der Waals surface area contributed by atoms with Crippen molar-refractivity contribution in [1.82, 2.24) is 4.90 Å². The van der Waals surface area contributed by atoms with Crippen molar-refractivity contribution < 1.29 is 4.79 Å². The molecule has 0 spiro atoms. The molecule has 0 radical (unpaired) electrons. The number of benzene rings is 1. The average Bonchev–Trinajstić information content (AvgIpc) is 2.42. The van der Waals surface area contributed by atoms with Gasteiger partial charge in [0.1, 0.15) is 0 Å². The number of rotatable bonds is 5. The van der Waals surface area contributed by atoms with Gasteiger partial charge in [-0.05, 0) is 38.8 Å². The first kappa shape index (κ1) is 14.3. The third-order valence-electron chi connectivity index (χ3n) is 4.14. The number of hydrogen-bond donors (Lipinski definition) is 0. The molecule has 2 rings (SSSR count). The van der Waals surface area contributed by atoms with Crippen LogP contribution in [-0.4, -0.2) is 30.3 Å². The second kappa shape index (κ2) is 6.85. The highest BCUT2D eigenvalue weighted by Crippen LogP contribution is 2.21. The van der Waals surface area contributed by atoms with Gasteiger partial charge >= 0.3 is 0 Å². The molecule has 0 atom stereocenters. The van der Waals surface area contributed by atoms with Gasteiger partial charge in [-0.25, -0.2) is 0 Å². The Bertz CT molecular complexity index is 402. The Labute approximate surface area is 116 Å². The number of hydrogen-bond acceptors (Lipinski definition) is 2. The zero-order valence-electron chi connectivity index (χ0n) is 12.2. The Morgan fingerprint density at radius 2 is 1.84 bits per heavy atom. The number of piperidine rings is 1. The number of carbonyl (C=O) groups excluding carboxylic acids is 1. The van der Waals surface area contributed by atoms with Crippen molar-refractivity contribution >= 4 is 5.78 Å². The Balaban J connectivity index is 1.82. The van der Waals surface area contributed by atoms with Gasteiger partial charge in [-0.3, -0.25) is 9.69 Å². The highest BCUT2D eigenvalue weighted by Gasteiger charge is 2.20. The number of ketones is 1. The van der Waals surface area contributed by atoms with Gasteiger partial charge in [-0.1, -0.05) is 49.6 Å². The molecule has 2 heteroatoms. The van der Waals surface area contributed by atoms with Crippen LogP contribution in [0.1, 0.15) is 48.5 Å². The van der Waals surface area contributed by atoms with E-state index in [1.54, 1.807) is 0 Å². The summed E-state index contributed by atoms with van der Waals surface area (Å²) in [6, 6.07) is 7.92. The van der Waals surface area contributed by atoms with Gasteiger partial charge in [0.2, 0.25) is 0 Å². The minimum Gasteiger partial charge on any atom is -0.296 e. The summed E-state index contributed by atoms with van der Waals surface area (Å²) < 4.78 is 0. The molecule has 1 saturated heterocycles. The molecule has 0 aromatic heterocycles. The number of likely N-dealkylation sites (tertiary alicyclic amines) is 1. The molecule has 0 saturated carbocycles. The fraction of sp³-hybridized carbons (Fsp3) is 0.588. The minimum absolute atomic E-state index is 0.258. The summed E-state index contributed by atoms with van der Waals surface area (Å²) in [5.74, 6) is 1.14. The van der Waals surface area contributed by atoms with Crippen molar-refractivity contribution in [3.63, 3.8) is 0 Å². The van der Waals surface area contributed by atoms with Crippen molar-refractivity contribution in [3.05, 3.63) is 35.4 Å². The second-order valence-electron chi connectivity index (χ2n) is 5.80. The van der Waals surface area contributed by atoms with E-state index >= 15 is 0 Å². The fourth-order valence-corrected chi connectivity index (χ4v) is 2.88. The molecular formula is C17H25NO. The highest BCUT2D eigenvalue weighted by molar-refractivity contribution is 5.97. The topological polar surface area (TPSA) is 20.3 Å². The maximum Gasteiger partial charge on any atom is 0.176 e. The average molecular weight is 259 g/mol. The van der Waals surface area contributed by atoms with Crippen LogP contribution in [0.2, 0.25) is 0 Å². The van der Waals surface area contributed by atoms with Crippen molar-refractivity contribution in [2.75, 3.05) is 19.6 Å². The fourth-order valence-electron chi connectivity index (χ4n) is 2.88. The number of Topliss-reactive ketones (excluding diaryl/α,β-unsaturated/α-hetero) is 1. The van der Waals surface area contributed by atoms with E-state index in [-0.39, 0.29) is 5.78 Å². The maximum atomic E-state index is 12.2. The summed E-state index contributed by atoms with van der Waals surface area (Å²) in [5, 5.41) is 0. The molecule has 0 unspecified atom stereocenters. The van der Waals surface area contributed by atoms with Gasteiger partial charge in [-0.2, -0.15) is 0 Å². The van der Waals surface area contributed by atoms with Gasteiger partial charge in [0.15, 0.2) is 5.78 Å². The Morgan fingerprint density at radius 3 is 2.42 bits per heavy atom. The van der Waals surface area contributed by atoms with E-state index in [0.29, 0.717) is 6.54 Å². The van der Waals surface area contributed by atoms with Gasteiger partial charge in [0.25, 0.3) is 0 Å². The molecule has 1 aromatic rings. The van der Waals surface area contributed by atoms with Crippen LogP contribution in [0.25, 0.3) is 0 Å². The summed E-state index contributed by atoms with van der Waals surface area (Å²) in [4.78, 5) is 14.5. The van der Waals surface area contributed by atoms with Crippen LogP contribution in [0.15, 0.2) is 24.3 Å². The lowest BCUT2D eigenvalue weighted by Crippen LogP contribution is -2.37. The molecule has 1 aromatic carbocycles. The lowest BCUT2D eigenvalue weighted by molar-refractivity contribution is 0.0893. The van der Waals surface area contributed by atoms with Crippen LogP contribution in [0.5, 0.6) is 0 Å². The largest absolute Gasteiger partial charge is 0.296 e. The lowest BCUT2D eigenvalue weighted by Gasteiger charge is -2.31. The van der Waals surface area contributed by atoms with Gasteiger partial charge < -0.3 is 0 Å². The number of nitrogens with zero attached hydrogens (tertiary/aromatic N) is 1. The molecular weight excluding hydrogens is 234 g/mol. The van der Waals surface area contributed by atoms with Crippen LogP contribution < -0.4 is 0 Å². The molecule has 1 fully saturated rings. The van der Waals surface area contributed by atoms with Crippen LogP contribution >= 0.6 is 0 Å². The Kier molecular flexibility index (Phi) is 5.15. The smallest absolute Gasteiger partial charge is 0.176 e. The number of carbonyl (C=O) groups is 1. The first-order valence-corrected chi connectivity index (χ1v) is 7.51. The molecule has 19 heavy (non-hydrogen) atoms. The van der Waals surface area contributed by atoms with Crippen LogP contribution in [0.4, 0.5) is 0 Å². The summed E-state index contributed by atoms with van der Waals surface area (Å²) in [7, 11) is 0. The van der Waals surface area contributed by atoms with Crippen LogP contribution in [0, 0.1) is 12.8 Å². The summed E-state index contributed by atoms with van der Waals surface area (Å²) in [6.45, 7) is 7.06. The second-order valence-corrected chi connectivity index (χ2v) is 5.80. The zero-order chi connectivity index (χ0) is 13.7. The quantitative estimate of drug-likeness (QED) is 0.752. The SMILES string of the molecule is CCCC1CCN(CC(=O)c2ccc(C)cc2)CC1. The number of aryl methyl sites for hydroxylation is 1. The third kappa shape index (κ3) is 4.17. The molecule has 1 aliphatic rings. The normalized spacial score (nSPS) is 17.6. The van der Waals surface area contributed by atoms with E-state index in [9.17, 15) is 4.79 Å². The van der Waals surface area contributed by atoms with Crippen molar-refractivity contribution in [2.24, 2.45) is 5.92 Å². The van der Waals surface area contributed by atoms with E-state index in [0.717, 1.165) is 24.6 Å². The van der Waals surface area contributed by atoms with Crippen LogP contribution in [0.3, 0.4) is 0 Å². The summed E-state index contributed by atoms with van der Waals surface area (Å²) in [5.41, 5.74) is 2.05. The van der Waals surface area contributed by atoms with E-state index < -0.39 is 0 Å². The van der Waals surface area contributed by atoms with Crippen molar-refractivity contribution in [3.8, 4) is 0 Å². The monoisotopic (exact) mass is 259 g/mol. The first-order valence-electron chi connectivity index (χ1n) is 7.51. The predicted molar refractivity (Wildman–Crippen MR) is 79.6 cm³/mol. The predicted octanol–water partition coefficient (Wildman–Crippen LogP) is 3.69. The highest BCUT2D eigenvalue weighted by atomic mass is 16.1. The van der Waals surface area contributed by atoms with Gasteiger partial charge in [0.05, 0.1) is 6.54 Å². The molecule has 0 bridgehead atoms. The molecule has 1 aliphatic heterocycles. The molecule has 0 aliphatic carbocycles. The molecule has 0 amide bonds. The van der Waals surface area contributed by atoms with Crippen molar-refractivity contribution in [1.29, 1.82) is 0 Å². The lowest BCUT2D eigenvalue weighted by atomic mass is 9.92. The zero-order valence-corrected chi connectivity index (χ0v) is 12.2. The standard InChI is InChI=1S/C17H25NO/c1-3-4-15-9-11-18(12-10-15)13-17(19)16-7-5-14(2)6-8-16/h5-8,15H,3-4,9-13H2,1-2H3. The molecule has 1 heterocycles. The summed E-state index contributed by atoms with van der Waals surface area (Å²) in [6.07, 6.45) is 5.15. The minimum atomic E-state index is 0.258. The van der Waals surface area contributed by atoms with Gasteiger partial charge in [0, 0.05) is 5.56 Å². The van der Waals surface area contributed by atoms with E-state index in [1.165, 1.54) is 31.2 Å². The molecule has 104 valence electrons. The Hall–Kier alpha value is -1.15. The molecule has 0 N–H and O–H groups in total. The van der Waals surface area contributed by atoms with E-state index in [2.05, 4.69) is 11.8 Å². The van der Waals surface area contributed by atoms with Gasteiger partial charge in [-0.15, -0.1) is 0 Å². The maximum absolute atomic E-state index is 12.2. The third-order valence-corrected chi connectivity index (χ3v) is 4.14. The van der Waals surface area contributed by atoms with Crippen LogP contribution in [-0.2, 0) is 0 Å². The Morgan fingerprint density at radius 1 is 1.21 bits per heavy atom. The first-order chi connectivity index (χ1) is 9.19. The van der Waals surface area contributed by atoms with E-state index in [1.807, 2.05) is 31.2 Å². The van der Waals surface area contributed by atoms with Crippen molar-refractivity contribution in [2.45, 2.75) is 39.5 Å².